The number of rotatable bonds is 4. The van der Waals surface area contributed by atoms with Crippen molar-refractivity contribution in [2.75, 3.05) is 18.5 Å². The number of hydrogen-bond donors (Lipinski definition) is 1. The van der Waals surface area contributed by atoms with E-state index in [0.717, 1.165) is 54.5 Å². The average molecular weight is 438 g/mol. The van der Waals surface area contributed by atoms with Gasteiger partial charge in [0, 0.05) is 18.7 Å². The van der Waals surface area contributed by atoms with Crippen LogP contribution in [-0.4, -0.2) is 30.1 Å². The van der Waals surface area contributed by atoms with Gasteiger partial charge in [-0.15, -0.1) is 0 Å². The number of Topliss-reactive ketones (excluding diaryl/α,β-unsaturated/α-hetero) is 1. The molecule has 0 unspecified atom stereocenters. The van der Waals surface area contributed by atoms with Gasteiger partial charge in [-0.05, 0) is 119 Å². The Bertz CT molecular complexity index is 845. The molecule has 0 saturated heterocycles. The van der Waals surface area contributed by atoms with E-state index in [1.54, 1.807) is 0 Å². The fourth-order valence-corrected chi connectivity index (χ4v) is 8.84. The zero-order chi connectivity index (χ0) is 22.7. The molecule has 0 amide bonds. The number of carbonyl (C=O) groups is 1. The minimum absolute atomic E-state index is 0.194. The molecule has 0 heterocycles. The Morgan fingerprint density at radius 3 is 2.44 bits per heavy atom. The molecule has 1 N–H and O–H groups in total. The van der Waals surface area contributed by atoms with Crippen molar-refractivity contribution in [3.8, 4) is 0 Å². The molecule has 1 aromatic rings. The molecule has 32 heavy (non-hydrogen) atoms. The van der Waals surface area contributed by atoms with Gasteiger partial charge in [-0.25, -0.2) is 0 Å². The molecule has 0 radical (unpaired) electrons. The van der Waals surface area contributed by atoms with Gasteiger partial charge in [0.15, 0.2) is 5.78 Å². The largest absolute Gasteiger partial charge is 0.390 e. The maximum Gasteiger partial charge on any atom is 0.155 e. The molecular formula is C29H43NO2. The van der Waals surface area contributed by atoms with E-state index in [0.29, 0.717) is 12.3 Å². The van der Waals surface area contributed by atoms with Crippen LogP contribution in [0.3, 0.4) is 0 Å². The summed E-state index contributed by atoms with van der Waals surface area (Å²) in [6, 6.07) is 8.52. The van der Waals surface area contributed by atoms with Crippen LogP contribution in [0.4, 0.5) is 5.69 Å². The number of nitrogens with zero attached hydrogens (tertiary/aromatic N) is 1. The number of aryl methyl sites for hydroxylation is 1. The summed E-state index contributed by atoms with van der Waals surface area (Å²) < 4.78 is 0. The predicted molar refractivity (Wildman–Crippen MR) is 131 cm³/mol. The molecule has 176 valence electrons. The Labute approximate surface area is 195 Å². The fraction of sp³-hybridized carbons (Fsp3) is 0.759. The highest BCUT2D eigenvalue weighted by Crippen LogP contribution is 2.64. The standard InChI is InChI=1S/C29H43NO2/c1-19-5-8-21(9-6-19)30(4)18-27(31)26-12-11-25-24-10-7-20-17-28(2,32)15-13-22(20)23(24)14-16-29(25,26)3/h5-6,8-9,20,22-26,32H,7,10-18H2,1-4H3/t20-,22+,23-,24-,25+,26-,28-,29+/m1/s1. The summed E-state index contributed by atoms with van der Waals surface area (Å²) in [7, 11) is 2.06. The van der Waals surface area contributed by atoms with Crippen molar-refractivity contribution in [1.82, 2.24) is 0 Å². The zero-order valence-corrected chi connectivity index (χ0v) is 20.6. The molecule has 4 fully saturated rings. The Morgan fingerprint density at radius 1 is 0.969 bits per heavy atom. The highest BCUT2D eigenvalue weighted by atomic mass is 16.3. The van der Waals surface area contributed by atoms with Gasteiger partial charge in [-0.3, -0.25) is 4.79 Å². The van der Waals surface area contributed by atoms with E-state index in [1.807, 2.05) is 6.92 Å². The van der Waals surface area contributed by atoms with Gasteiger partial charge in [0.05, 0.1) is 12.1 Å². The molecule has 4 aliphatic rings. The Balaban J connectivity index is 1.27. The third-order valence-corrected chi connectivity index (χ3v) is 10.5. The van der Waals surface area contributed by atoms with Crippen LogP contribution in [0.5, 0.6) is 0 Å². The van der Waals surface area contributed by atoms with Gasteiger partial charge >= 0.3 is 0 Å². The fourth-order valence-electron chi connectivity index (χ4n) is 8.84. The van der Waals surface area contributed by atoms with E-state index in [4.69, 9.17) is 0 Å². The van der Waals surface area contributed by atoms with Gasteiger partial charge in [0.1, 0.15) is 0 Å². The smallest absolute Gasteiger partial charge is 0.155 e. The maximum atomic E-state index is 13.5. The van der Waals surface area contributed by atoms with Crippen molar-refractivity contribution in [2.45, 2.75) is 84.2 Å². The minimum Gasteiger partial charge on any atom is -0.390 e. The Hall–Kier alpha value is -1.35. The van der Waals surface area contributed by atoms with Gasteiger partial charge in [-0.1, -0.05) is 24.6 Å². The summed E-state index contributed by atoms with van der Waals surface area (Å²) in [5.74, 6) is 4.61. The summed E-state index contributed by atoms with van der Waals surface area (Å²) in [4.78, 5) is 15.7. The van der Waals surface area contributed by atoms with Crippen molar-refractivity contribution < 1.29 is 9.90 Å². The monoisotopic (exact) mass is 437 g/mol. The van der Waals surface area contributed by atoms with E-state index in [1.165, 1.54) is 44.1 Å². The first kappa shape index (κ1) is 22.4. The van der Waals surface area contributed by atoms with Crippen molar-refractivity contribution in [3.05, 3.63) is 29.8 Å². The number of likely N-dealkylation sites (N-methyl/N-ethyl adjacent to an activating group) is 1. The lowest BCUT2D eigenvalue weighted by Crippen LogP contribution is -2.51. The van der Waals surface area contributed by atoms with Gasteiger partial charge in [0.25, 0.3) is 0 Å². The molecule has 5 rings (SSSR count). The second-order valence-electron chi connectivity index (χ2n) is 12.5. The van der Waals surface area contributed by atoms with E-state index < -0.39 is 5.60 Å². The summed E-state index contributed by atoms with van der Waals surface area (Å²) in [6.07, 6.45) is 10.7. The summed E-state index contributed by atoms with van der Waals surface area (Å²) in [5.41, 5.74) is 2.15. The van der Waals surface area contributed by atoms with Crippen LogP contribution in [0.2, 0.25) is 0 Å². The Kier molecular flexibility index (Phi) is 5.72. The first-order valence-electron chi connectivity index (χ1n) is 13.2. The third-order valence-electron chi connectivity index (χ3n) is 10.5. The van der Waals surface area contributed by atoms with Crippen LogP contribution in [0, 0.1) is 47.8 Å². The maximum absolute atomic E-state index is 13.5. The molecule has 0 spiro atoms. The molecule has 8 atom stereocenters. The molecule has 3 heteroatoms. The third kappa shape index (κ3) is 3.83. The second kappa shape index (κ2) is 8.15. The SMILES string of the molecule is Cc1ccc(N(C)CC(=O)[C@H]2CC[C@H]3[C@@H]4CC[C@@H]5C[C@](C)(O)CC[C@@H]5[C@H]4CC[C@]23C)cc1. The Morgan fingerprint density at radius 2 is 1.69 bits per heavy atom. The number of fused-ring (bicyclic) bond motifs is 5. The number of hydrogen-bond acceptors (Lipinski definition) is 3. The van der Waals surface area contributed by atoms with Crippen molar-refractivity contribution in [3.63, 3.8) is 0 Å². The van der Waals surface area contributed by atoms with E-state index in [2.05, 4.69) is 50.1 Å². The first-order valence-corrected chi connectivity index (χ1v) is 13.2. The molecule has 4 aliphatic carbocycles. The van der Waals surface area contributed by atoms with Gasteiger partial charge < -0.3 is 10.0 Å². The topological polar surface area (TPSA) is 40.5 Å². The van der Waals surface area contributed by atoms with Crippen LogP contribution in [-0.2, 0) is 4.79 Å². The lowest BCUT2D eigenvalue weighted by atomic mass is 9.49. The highest BCUT2D eigenvalue weighted by molar-refractivity contribution is 5.86. The molecule has 0 bridgehead atoms. The van der Waals surface area contributed by atoms with Crippen LogP contribution < -0.4 is 4.90 Å². The average Bonchev–Trinajstić information content (AvgIpc) is 3.10. The van der Waals surface area contributed by atoms with Crippen molar-refractivity contribution in [2.24, 2.45) is 40.9 Å². The normalized spacial score (nSPS) is 43.2. The summed E-state index contributed by atoms with van der Waals surface area (Å²) in [6.45, 7) is 7.15. The molecule has 1 aromatic carbocycles. The van der Waals surface area contributed by atoms with E-state index >= 15 is 0 Å². The van der Waals surface area contributed by atoms with E-state index in [9.17, 15) is 9.90 Å². The van der Waals surface area contributed by atoms with Crippen LogP contribution in [0.1, 0.15) is 77.2 Å². The number of ketones is 1. The van der Waals surface area contributed by atoms with Crippen molar-refractivity contribution in [1.29, 1.82) is 0 Å². The molecule has 3 nitrogen and oxygen atoms in total. The number of carbonyl (C=O) groups excluding carboxylic acids is 1. The second-order valence-corrected chi connectivity index (χ2v) is 12.5. The predicted octanol–water partition coefficient (Wildman–Crippen LogP) is 6.02. The number of aliphatic hydroxyl groups is 1. The van der Waals surface area contributed by atoms with Crippen LogP contribution >= 0.6 is 0 Å². The van der Waals surface area contributed by atoms with Crippen molar-refractivity contribution >= 4 is 11.5 Å². The summed E-state index contributed by atoms with van der Waals surface area (Å²) in [5, 5.41) is 10.6. The quantitative estimate of drug-likeness (QED) is 0.626. The lowest BCUT2D eigenvalue weighted by molar-refractivity contribution is -0.131. The molecular weight excluding hydrogens is 394 g/mol. The molecule has 0 aliphatic heterocycles. The highest BCUT2D eigenvalue weighted by Gasteiger charge is 2.58. The lowest BCUT2D eigenvalue weighted by Gasteiger charge is -2.56. The van der Waals surface area contributed by atoms with Crippen LogP contribution in [0.25, 0.3) is 0 Å². The minimum atomic E-state index is -0.439. The van der Waals surface area contributed by atoms with Gasteiger partial charge in [-0.2, -0.15) is 0 Å². The molecule has 0 aromatic heterocycles. The molecule has 4 saturated carbocycles. The number of benzene rings is 1. The first-order chi connectivity index (χ1) is 15.2. The zero-order valence-electron chi connectivity index (χ0n) is 20.6. The van der Waals surface area contributed by atoms with E-state index in [-0.39, 0.29) is 11.3 Å². The summed E-state index contributed by atoms with van der Waals surface area (Å²) >= 11 is 0. The number of anilines is 1. The van der Waals surface area contributed by atoms with Crippen LogP contribution in [0.15, 0.2) is 24.3 Å². The van der Waals surface area contributed by atoms with Gasteiger partial charge in [0.2, 0.25) is 0 Å².